The molecule has 0 N–H and O–H groups in total. The minimum atomic E-state index is -0.652. The molecule has 0 radical (unpaired) electrons. The Labute approximate surface area is 85.9 Å². The molecule has 0 atom stereocenters. The van der Waals surface area contributed by atoms with Crippen LogP contribution >= 0.6 is 0 Å². The van der Waals surface area contributed by atoms with Crippen LogP contribution in [0, 0.1) is 15.9 Å². The summed E-state index contributed by atoms with van der Waals surface area (Å²) >= 11 is 0. The molecule has 0 aromatic heterocycles. The van der Waals surface area contributed by atoms with Crippen molar-refractivity contribution in [2.45, 2.75) is 19.8 Å². The fraction of sp³-hybridized carbons (Fsp3) is 0.300. The van der Waals surface area contributed by atoms with Crippen molar-refractivity contribution in [3.8, 4) is 0 Å². The van der Waals surface area contributed by atoms with Crippen LogP contribution in [0.5, 0.6) is 0 Å². The van der Waals surface area contributed by atoms with Crippen LogP contribution in [0.2, 0.25) is 0 Å². The minimum absolute atomic E-state index is 0.0260. The van der Waals surface area contributed by atoms with Gasteiger partial charge >= 0.3 is 0 Å². The van der Waals surface area contributed by atoms with Gasteiger partial charge in [0, 0.05) is 12.5 Å². The highest BCUT2D eigenvalue weighted by molar-refractivity contribution is 5.75. The summed E-state index contributed by atoms with van der Waals surface area (Å²) in [7, 11) is 0. The Morgan fingerprint density at radius 1 is 1.47 bits per heavy atom. The van der Waals surface area contributed by atoms with E-state index >= 15 is 0 Å². The van der Waals surface area contributed by atoms with Gasteiger partial charge in [0.15, 0.2) is 0 Å². The molecule has 0 spiro atoms. The first-order valence-electron chi connectivity index (χ1n) is 4.42. The number of carbonyl (C=O) groups excluding carboxylic acids is 1. The van der Waals surface area contributed by atoms with Gasteiger partial charge in [-0.2, -0.15) is 0 Å². The summed E-state index contributed by atoms with van der Waals surface area (Å²) < 4.78 is 12.9. The highest BCUT2D eigenvalue weighted by atomic mass is 19.1. The molecule has 0 saturated carbocycles. The van der Waals surface area contributed by atoms with Crippen molar-refractivity contribution in [1.29, 1.82) is 0 Å². The summed E-state index contributed by atoms with van der Waals surface area (Å²) in [5.74, 6) is -0.676. The first kappa shape index (κ1) is 11.3. The third-order valence-electron chi connectivity index (χ3n) is 1.92. The number of nitro benzene ring substituents is 1. The Kier molecular flexibility index (Phi) is 3.49. The van der Waals surface area contributed by atoms with Crippen molar-refractivity contribution in [2.75, 3.05) is 0 Å². The summed E-state index contributed by atoms with van der Waals surface area (Å²) in [5, 5.41) is 10.4. The van der Waals surface area contributed by atoms with Crippen LogP contribution in [0.25, 0.3) is 0 Å². The lowest BCUT2D eigenvalue weighted by molar-refractivity contribution is -0.385. The molecule has 0 bridgehead atoms. The smallest absolute Gasteiger partial charge is 0.272 e. The topological polar surface area (TPSA) is 60.2 Å². The molecule has 0 heterocycles. The zero-order valence-corrected chi connectivity index (χ0v) is 8.20. The molecule has 15 heavy (non-hydrogen) atoms. The number of ketones is 1. The van der Waals surface area contributed by atoms with Crippen LogP contribution in [-0.4, -0.2) is 10.7 Å². The van der Waals surface area contributed by atoms with Crippen molar-refractivity contribution in [3.63, 3.8) is 0 Å². The van der Waals surface area contributed by atoms with E-state index in [9.17, 15) is 19.3 Å². The third-order valence-corrected chi connectivity index (χ3v) is 1.92. The molecule has 5 heteroatoms. The number of halogens is 1. The predicted octanol–water partition coefficient (Wildman–Crippen LogP) is 2.26. The van der Waals surface area contributed by atoms with E-state index in [1.807, 2.05) is 0 Å². The molecule has 0 aliphatic rings. The highest BCUT2D eigenvalue weighted by Gasteiger charge is 2.09. The SMILES string of the molecule is CC(=O)CCc1cc(F)cc([N+](=O)[O-])c1. The van der Waals surface area contributed by atoms with Crippen LogP contribution in [-0.2, 0) is 11.2 Å². The fourth-order valence-electron chi connectivity index (χ4n) is 1.20. The number of benzene rings is 1. The summed E-state index contributed by atoms with van der Waals surface area (Å²) in [5.41, 5.74) is 0.186. The van der Waals surface area contributed by atoms with E-state index < -0.39 is 10.7 Å². The van der Waals surface area contributed by atoms with Gasteiger partial charge in [0.1, 0.15) is 11.6 Å². The molecule has 1 rings (SSSR count). The van der Waals surface area contributed by atoms with Crippen molar-refractivity contribution < 1.29 is 14.1 Å². The first-order chi connectivity index (χ1) is 6.99. The average molecular weight is 211 g/mol. The lowest BCUT2D eigenvalue weighted by Crippen LogP contribution is -1.96. The summed E-state index contributed by atoms with van der Waals surface area (Å²) in [6.45, 7) is 1.42. The molecule has 0 fully saturated rings. The predicted molar refractivity (Wildman–Crippen MR) is 52.1 cm³/mol. The second-order valence-electron chi connectivity index (χ2n) is 3.28. The van der Waals surface area contributed by atoms with Crippen molar-refractivity contribution in [2.24, 2.45) is 0 Å². The Morgan fingerprint density at radius 2 is 2.13 bits per heavy atom. The zero-order valence-electron chi connectivity index (χ0n) is 8.20. The number of nitrogens with zero attached hydrogens (tertiary/aromatic N) is 1. The number of carbonyl (C=O) groups is 1. The van der Waals surface area contributed by atoms with Gasteiger partial charge < -0.3 is 4.79 Å². The van der Waals surface area contributed by atoms with Gasteiger partial charge in [-0.3, -0.25) is 10.1 Å². The van der Waals surface area contributed by atoms with Crippen molar-refractivity contribution in [1.82, 2.24) is 0 Å². The van der Waals surface area contributed by atoms with Crippen LogP contribution < -0.4 is 0 Å². The lowest BCUT2D eigenvalue weighted by Gasteiger charge is -1.99. The monoisotopic (exact) mass is 211 g/mol. The van der Waals surface area contributed by atoms with E-state index in [2.05, 4.69) is 0 Å². The number of hydrogen-bond acceptors (Lipinski definition) is 3. The van der Waals surface area contributed by atoms with Gasteiger partial charge in [0.25, 0.3) is 5.69 Å². The molecule has 0 amide bonds. The molecule has 80 valence electrons. The maximum absolute atomic E-state index is 12.9. The largest absolute Gasteiger partial charge is 0.300 e. The minimum Gasteiger partial charge on any atom is -0.300 e. The van der Waals surface area contributed by atoms with E-state index in [1.54, 1.807) is 0 Å². The maximum atomic E-state index is 12.9. The maximum Gasteiger partial charge on any atom is 0.272 e. The van der Waals surface area contributed by atoms with Gasteiger partial charge in [0.05, 0.1) is 11.0 Å². The fourth-order valence-corrected chi connectivity index (χ4v) is 1.20. The Hall–Kier alpha value is -1.78. The van der Waals surface area contributed by atoms with Crippen molar-refractivity contribution in [3.05, 3.63) is 39.7 Å². The highest BCUT2D eigenvalue weighted by Crippen LogP contribution is 2.17. The number of nitro groups is 1. The van der Waals surface area contributed by atoms with E-state index in [1.165, 1.54) is 19.1 Å². The molecule has 0 unspecified atom stereocenters. The molecule has 1 aromatic carbocycles. The van der Waals surface area contributed by atoms with E-state index in [-0.39, 0.29) is 17.9 Å². The average Bonchev–Trinajstić information content (AvgIpc) is 2.13. The first-order valence-corrected chi connectivity index (χ1v) is 4.42. The Bertz CT molecular complexity index is 404. The van der Waals surface area contributed by atoms with E-state index in [0.717, 1.165) is 6.07 Å². The van der Waals surface area contributed by atoms with Crippen LogP contribution in [0.3, 0.4) is 0 Å². The van der Waals surface area contributed by atoms with E-state index in [4.69, 9.17) is 0 Å². The Balaban J connectivity index is 2.88. The summed E-state index contributed by atoms with van der Waals surface area (Å²) in [6, 6.07) is 3.35. The quantitative estimate of drug-likeness (QED) is 0.566. The molecule has 0 saturated heterocycles. The molecule has 4 nitrogen and oxygen atoms in total. The number of hydrogen-bond donors (Lipinski definition) is 0. The normalized spacial score (nSPS) is 10.0. The van der Waals surface area contributed by atoms with Gasteiger partial charge in [-0.25, -0.2) is 4.39 Å². The number of aryl methyl sites for hydroxylation is 1. The molecular weight excluding hydrogens is 201 g/mol. The number of Topliss-reactive ketones (excluding diaryl/α,β-unsaturated/α-hetero) is 1. The van der Waals surface area contributed by atoms with Crippen molar-refractivity contribution >= 4 is 11.5 Å². The molecule has 1 aromatic rings. The van der Waals surface area contributed by atoms with Crippen LogP contribution in [0.15, 0.2) is 18.2 Å². The summed E-state index contributed by atoms with van der Waals surface area (Å²) in [4.78, 5) is 20.5. The number of rotatable bonds is 4. The van der Waals surface area contributed by atoms with Gasteiger partial charge in [-0.1, -0.05) is 0 Å². The molecule has 0 aliphatic carbocycles. The lowest BCUT2D eigenvalue weighted by atomic mass is 10.1. The zero-order chi connectivity index (χ0) is 11.4. The van der Waals surface area contributed by atoms with Crippen LogP contribution in [0.1, 0.15) is 18.9 Å². The third kappa shape index (κ3) is 3.46. The van der Waals surface area contributed by atoms with Gasteiger partial charge in [0.2, 0.25) is 0 Å². The molecule has 0 aliphatic heterocycles. The summed E-state index contributed by atoms with van der Waals surface area (Å²) in [6.07, 6.45) is 0.592. The van der Waals surface area contributed by atoms with Gasteiger partial charge in [-0.05, 0) is 25.0 Å². The second-order valence-corrected chi connectivity index (χ2v) is 3.28. The standard InChI is InChI=1S/C10H10FNO3/c1-7(13)2-3-8-4-9(11)6-10(5-8)12(14)15/h4-6H,2-3H2,1H3. The molecular formula is C10H10FNO3. The van der Waals surface area contributed by atoms with Gasteiger partial charge in [-0.15, -0.1) is 0 Å². The van der Waals surface area contributed by atoms with E-state index in [0.29, 0.717) is 12.0 Å². The Morgan fingerprint density at radius 3 is 2.67 bits per heavy atom. The number of non-ortho nitro benzene ring substituents is 1. The van der Waals surface area contributed by atoms with Crippen LogP contribution in [0.4, 0.5) is 10.1 Å². The second kappa shape index (κ2) is 4.63.